The minimum atomic E-state index is -0.0309. The Bertz CT molecular complexity index is 808. The third-order valence-corrected chi connectivity index (χ3v) is 3.59. The number of aromatic nitrogens is 2. The van der Waals surface area contributed by atoms with Crippen molar-refractivity contribution < 1.29 is 0 Å². The Labute approximate surface area is 132 Å². The molecule has 3 heteroatoms. The molecule has 0 unspecified atom stereocenters. The third-order valence-electron chi connectivity index (χ3n) is 3.59. The van der Waals surface area contributed by atoms with Crippen molar-refractivity contribution in [2.45, 2.75) is 40.2 Å². The lowest BCUT2D eigenvalue weighted by atomic mass is 10.1. The van der Waals surface area contributed by atoms with Gasteiger partial charge in [-0.1, -0.05) is 30.3 Å². The van der Waals surface area contributed by atoms with Crippen LogP contribution in [0.15, 0.2) is 42.5 Å². The molecule has 1 aromatic carbocycles. The summed E-state index contributed by atoms with van der Waals surface area (Å²) < 4.78 is 2.21. The summed E-state index contributed by atoms with van der Waals surface area (Å²) in [6, 6.07) is 14.7. The summed E-state index contributed by atoms with van der Waals surface area (Å²) in [6.07, 6.45) is 0. The van der Waals surface area contributed by atoms with Crippen molar-refractivity contribution >= 4 is 11.5 Å². The van der Waals surface area contributed by atoms with Crippen molar-refractivity contribution in [3.63, 3.8) is 0 Å². The fourth-order valence-electron chi connectivity index (χ4n) is 2.80. The van der Waals surface area contributed by atoms with E-state index < -0.39 is 0 Å². The monoisotopic (exact) mass is 293 g/mol. The third kappa shape index (κ3) is 2.71. The van der Waals surface area contributed by atoms with Crippen molar-refractivity contribution in [1.82, 2.24) is 9.38 Å². The quantitative estimate of drug-likeness (QED) is 0.733. The molecule has 2 heterocycles. The largest absolute Gasteiger partial charge is 0.365 e. The van der Waals surface area contributed by atoms with Crippen molar-refractivity contribution in [1.29, 1.82) is 0 Å². The Morgan fingerprint density at radius 2 is 1.68 bits per heavy atom. The SMILES string of the molecule is Cc1cc(C)n2c(NC(C)(C)C)c(-c3ccccc3)nc2c1. The van der Waals surface area contributed by atoms with Crippen LogP contribution in [0.3, 0.4) is 0 Å². The van der Waals surface area contributed by atoms with Crippen LogP contribution in [-0.4, -0.2) is 14.9 Å². The van der Waals surface area contributed by atoms with Gasteiger partial charge < -0.3 is 5.32 Å². The van der Waals surface area contributed by atoms with E-state index in [4.69, 9.17) is 4.98 Å². The molecule has 0 saturated carbocycles. The molecule has 0 amide bonds. The van der Waals surface area contributed by atoms with E-state index in [0.29, 0.717) is 0 Å². The fourth-order valence-corrected chi connectivity index (χ4v) is 2.80. The second-order valence-electron chi connectivity index (χ2n) is 6.92. The van der Waals surface area contributed by atoms with Gasteiger partial charge in [-0.05, 0) is 52.3 Å². The zero-order valence-electron chi connectivity index (χ0n) is 13.9. The molecule has 3 nitrogen and oxygen atoms in total. The van der Waals surface area contributed by atoms with Gasteiger partial charge in [0.2, 0.25) is 0 Å². The zero-order valence-corrected chi connectivity index (χ0v) is 13.9. The number of pyridine rings is 1. The molecule has 0 bridgehead atoms. The van der Waals surface area contributed by atoms with Crippen LogP contribution >= 0.6 is 0 Å². The van der Waals surface area contributed by atoms with Gasteiger partial charge in [-0.25, -0.2) is 4.98 Å². The Hall–Kier alpha value is -2.29. The van der Waals surface area contributed by atoms with Crippen molar-refractivity contribution in [3.05, 3.63) is 53.7 Å². The molecule has 2 aromatic heterocycles. The van der Waals surface area contributed by atoms with E-state index in [0.717, 1.165) is 22.7 Å². The Balaban J connectivity index is 2.31. The Morgan fingerprint density at radius 1 is 1.00 bits per heavy atom. The Kier molecular flexibility index (Phi) is 3.44. The zero-order chi connectivity index (χ0) is 15.9. The molecule has 1 N–H and O–H groups in total. The van der Waals surface area contributed by atoms with Gasteiger partial charge in [0.25, 0.3) is 0 Å². The van der Waals surface area contributed by atoms with Crippen LogP contribution in [0, 0.1) is 13.8 Å². The van der Waals surface area contributed by atoms with E-state index in [2.05, 4.69) is 80.7 Å². The predicted molar refractivity (Wildman–Crippen MR) is 93.5 cm³/mol. The van der Waals surface area contributed by atoms with Crippen molar-refractivity contribution in [3.8, 4) is 11.3 Å². The number of imidazole rings is 1. The van der Waals surface area contributed by atoms with Gasteiger partial charge in [-0.15, -0.1) is 0 Å². The van der Waals surface area contributed by atoms with Crippen molar-refractivity contribution in [2.75, 3.05) is 5.32 Å². The number of nitrogens with one attached hydrogen (secondary N) is 1. The molecule has 0 aliphatic heterocycles. The summed E-state index contributed by atoms with van der Waals surface area (Å²) in [5.41, 5.74) is 5.52. The predicted octanol–water partition coefficient (Wildman–Crippen LogP) is 4.83. The minimum Gasteiger partial charge on any atom is -0.365 e. The molecule has 0 saturated heterocycles. The number of aryl methyl sites for hydroxylation is 2. The molecule has 0 aliphatic rings. The summed E-state index contributed by atoms with van der Waals surface area (Å²) in [5.74, 6) is 1.06. The van der Waals surface area contributed by atoms with Gasteiger partial charge in [-0.2, -0.15) is 0 Å². The molecular formula is C19H23N3. The van der Waals surface area contributed by atoms with Crippen LogP contribution in [0.25, 0.3) is 16.9 Å². The molecule has 0 radical (unpaired) electrons. The first kappa shape index (κ1) is 14.6. The summed E-state index contributed by atoms with van der Waals surface area (Å²) in [7, 11) is 0. The lowest BCUT2D eigenvalue weighted by molar-refractivity contribution is 0.629. The molecule has 114 valence electrons. The number of anilines is 1. The van der Waals surface area contributed by atoms with E-state index >= 15 is 0 Å². The maximum absolute atomic E-state index is 4.89. The molecule has 22 heavy (non-hydrogen) atoms. The molecule has 0 atom stereocenters. The molecule has 0 aliphatic carbocycles. The van der Waals surface area contributed by atoms with E-state index in [-0.39, 0.29) is 5.54 Å². The lowest BCUT2D eigenvalue weighted by Gasteiger charge is -2.23. The number of nitrogens with zero attached hydrogens (tertiary/aromatic N) is 2. The maximum atomic E-state index is 4.89. The van der Waals surface area contributed by atoms with Crippen LogP contribution < -0.4 is 5.32 Å². The maximum Gasteiger partial charge on any atom is 0.139 e. The molecular weight excluding hydrogens is 270 g/mol. The second-order valence-corrected chi connectivity index (χ2v) is 6.92. The van der Waals surface area contributed by atoms with Crippen LogP contribution in [0.1, 0.15) is 32.0 Å². The second kappa shape index (κ2) is 5.16. The number of hydrogen-bond donors (Lipinski definition) is 1. The van der Waals surface area contributed by atoms with Gasteiger partial charge in [-0.3, -0.25) is 4.40 Å². The van der Waals surface area contributed by atoms with E-state index in [9.17, 15) is 0 Å². The minimum absolute atomic E-state index is 0.0309. The number of fused-ring (bicyclic) bond motifs is 1. The van der Waals surface area contributed by atoms with Gasteiger partial charge in [0, 0.05) is 16.8 Å². The summed E-state index contributed by atoms with van der Waals surface area (Å²) >= 11 is 0. The molecule has 3 aromatic rings. The summed E-state index contributed by atoms with van der Waals surface area (Å²) in [5, 5.41) is 3.63. The van der Waals surface area contributed by atoms with Gasteiger partial charge in [0.05, 0.1) is 0 Å². The lowest BCUT2D eigenvalue weighted by Crippen LogP contribution is -2.27. The highest BCUT2D eigenvalue weighted by atomic mass is 15.2. The first-order valence-corrected chi connectivity index (χ1v) is 7.68. The Morgan fingerprint density at radius 3 is 2.32 bits per heavy atom. The first-order chi connectivity index (χ1) is 10.3. The van der Waals surface area contributed by atoms with Crippen LogP contribution in [0.2, 0.25) is 0 Å². The van der Waals surface area contributed by atoms with E-state index in [1.54, 1.807) is 0 Å². The van der Waals surface area contributed by atoms with Gasteiger partial charge in [0.1, 0.15) is 17.2 Å². The van der Waals surface area contributed by atoms with Crippen LogP contribution in [0.5, 0.6) is 0 Å². The van der Waals surface area contributed by atoms with Crippen molar-refractivity contribution in [2.24, 2.45) is 0 Å². The normalized spacial score (nSPS) is 11.9. The summed E-state index contributed by atoms with van der Waals surface area (Å²) in [4.78, 5) is 4.89. The standard InChI is InChI=1S/C19H23N3/c1-13-11-14(2)22-16(12-13)20-17(15-9-7-6-8-10-15)18(22)21-19(3,4)5/h6-12,21H,1-5H3. The fraction of sp³-hybridized carbons (Fsp3) is 0.316. The van der Waals surface area contributed by atoms with E-state index in [1.807, 2.05) is 6.07 Å². The average Bonchev–Trinajstić information content (AvgIpc) is 2.76. The number of rotatable bonds is 2. The van der Waals surface area contributed by atoms with Gasteiger partial charge >= 0.3 is 0 Å². The highest BCUT2D eigenvalue weighted by molar-refractivity contribution is 5.77. The number of benzene rings is 1. The molecule has 0 spiro atoms. The first-order valence-electron chi connectivity index (χ1n) is 7.68. The highest BCUT2D eigenvalue weighted by Gasteiger charge is 2.20. The number of hydrogen-bond acceptors (Lipinski definition) is 2. The average molecular weight is 293 g/mol. The topological polar surface area (TPSA) is 29.3 Å². The van der Waals surface area contributed by atoms with E-state index in [1.165, 1.54) is 11.3 Å². The smallest absolute Gasteiger partial charge is 0.139 e. The van der Waals surface area contributed by atoms with Crippen LogP contribution in [-0.2, 0) is 0 Å². The molecule has 0 fully saturated rings. The van der Waals surface area contributed by atoms with Crippen LogP contribution in [0.4, 0.5) is 5.82 Å². The summed E-state index contributed by atoms with van der Waals surface area (Å²) in [6.45, 7) is 10.8. The van der Waals surface area contributed by atoms with Gasteiger partial charge in [0.15, 0.2) is 0 Å². The molecule has 3 rings (SSSR count). The highest BCUT2D eigenvalue weighted by Crippen LogP contribution is 2.32.